The van der Waals surface area contributed by atoms with Crippen LogP contribution in [0.15, 0.2) is 29.2 Å². The Balaban J connectivity index is 1.79. The molecule has 1 aliphatic heterocycles. The maximum absolute atomic E-state index is 12.2. The number of aliphatic hydroxyl groups is 1. The number of likely N-dealkylation sites (tertiary alicyclic amines) is 1. The first-order valence-electron chi connectivity index (χ1n) is 7.41. The van der Waals surface area contributed by atoms with Crippen LogP contribution in [0.4, 0.5) is 0 Å². The highest BCUT2D eigenvalue weighted by atomic mass is 32.2. The molecule has 1 N–H and O–H groups in total. The predicted octanol–water partition coefficient (Wildman–Crippen LogP) is 2.41. The average Bonchev–Trinajstić information content (AvgIpc) is 2.97. The molecule has 1 heterocycles. The molecule has 1 aromatic rings. The summed E-state index contributed by atoms with van der Waals surface area (Å²) in [6.45, 7) is 5.86. The van der Waals surface area contributed by atoms with Crippen molar-refractivity contribution >= 4 is 17.7 Å². The minimum absolute atomic E-state index is 0.150. The van der Waals surface area contributed by atoms with Gasteiger partial charge >= 0.3 is 0 Å². The lowest BCUT2D eigenvalue weighted by molar-refractivity contribution is -0.127. The Labute approximate surface area is 130 Å². The third kappa shape index (κ3) is 4.64. The zero-order valence-corrected chi connectivity index (χ0v) is 13.4. The van der Waals surface area contributed by atoms with E-state index >= 15 is 0 Å². The zero-order chi connectivity index (χ0) is 15.2. The summed E-state index contributed by atoms with van der Waals surface area (Å²) in [6, 6.07) is 7.81. The highest BCUT2D eigenvalue weighted by molar-refractivity contribution is 8.00. The quantitative estimate of drug-likeness (QED) is 0.820. The summed E-state index contributed by atoms with van der Waals surface area (Å²) in [7, 11) is 0. The van der Waals surface area contributed by atoms with E-state index in [0.717, 1.165) is 23.6 Å². The van der Waals surface area contributed by atoms with Crippen molar-refractivity contribution < 1.29 is 14.6 Å². The Kier molecular flexibility index (Phi) is 5.94. The topological polar surface area (TPSA) is 49.8 Å². The van der Waals surface area contributed by atoms with Gasteiger partial charge in [0.25, 0.3) is 0 Å². The maximum Gasteiger partial charge on any atom is 0.232 e. The Morgan fingerprint density at radius 3 is 2.76 bits per heavy atom. The first-order valence-corrected chi connectivity index (χ1v) is 8.40. The molecule has 0 aliphatic carbocycles. The fraction of sp³-hybridized carbons (Fsp3) is 0.562. The molecule has 5 heteroatoms. The summed E-state index contributed by atoms with van der Waals surface area (Å²) in [5, 5.41) is 9.57. The summed E-state index contributed by atoms with van der Waals surface area (Å²) in [5.41, 5.74) is 0. The van der Waals surface area contributed by atoms with Gasteiger partial charge in [-0.05, 0) is 44.5 Å². The third-order valence-electron chi connectivity index (χ3n) is 3.76. The van der Waals surface area contributed by atoms with E-state index in [9.17, 15) is 9.90 Å². The summed E-state index contributed by atoms with van der Waals surface area (Å²) in [6.07, 6.45) is 0.568. The van der Waals surface area contributed by atoms with E-state index in [1.54, 1.807) is 18.7 Å². The van der Waals surface area contributed by atoms with Crippen LogP contribution in [0.25, 0.3) is 0 Å². The Bertz CT molecular complexity index is 461. The van der Waals surface area contributed by atoms with Gasteiger partial charge in [0.05, 0.1) is 18.5 Å². The van der Waals surface area contributed by atoms with Crippen molar-refractivity contribution in [2.75, 3.05) is 25.4 Å². The third-order valence-corrected chi connectivity index (χ3v) is 4.75. The van der Waals surface area contributed by atoms with Crippen LogP contribution in [0.3, 0.4) is 0 Å². The van der Waals surface area contributed by atoms with E-state index in [4.69, 9.17) is 4.74 Å². The van der Waals surface area contributed by atoms with E-state index in [-0.39, 0.29) is 17.9 Å². The molecule has 21 heavy (non-hydrogen) atoms. The molecule has 0 aromatic heterocycles. The highest BCUT2D eigenvalue weighted by Crippen LogP contribution is 2.24. The molecule has 1 saturated heterocycles. The van der Waals surface area contributed by atoms with E-state index in [0.29, 0.717) is 18.9 Å². The molecule has 2 unspecified atom stereocenters. The fourth-order valence-corrected chi connectivity index (χ4v) is 3.24. The number of hydrogen-bond acceptors (Lipinski definition) is 4. The fourth-order valence-electron chi connectivity index (χ4n) is 2.44. The van der Waals surface area contributed by atoms with Crippen LogP contribution in [0.2, 0.25) is 0 Å². The number of benzene rings is 1. The van der Waals surface area contributed by atoms with Crippen molar-refractivity contribution in [3.8, 4) is 5.75 Å². The van der Waals surface area contributed by atoms with Gasteiger partial charge in [0.15, 0.2) is 0 Å². The normalized spacial score (nSPS) is 19.6. The average molecular weight is 309 g/mol. The first kappa shape index (κ1) is 16.2. The maximum atomic E-state index is 12.2. The van der Waals surface area contributed by atoms with Crippen LogP contribution in [-0.4, -0.2) is 47.5 Å². The van der Waals surface area contributed by atoms with E-state index < -0.39 is 0 Å². The van der Waals surface area contributed by atoms with Crippen LogP contribution in [-0.2, 0) is 4.79 Å². The zero-order valence-electron chi connectivity index (χ0n) is 12.6. The number of ether oxygens (including phenoxy) is 1. The summed E-state index contributed by atoms with van der Waals surface area (Å²) in [4.78, 5) is 15.1. The number of rotatable bonds is 6. The molecule has 1 aromatic carbocycles. The number of carbonyl (C=O) groups excluding carboxylic acids is 1. The predicted molar refractivity (Wildman–Crippen MR) is 84.7 cm³/mol. The number of nitrogens with zero attached hydrogens (tertiary/aromatic N) is 1. The molecular formula is C16H23NO3S. The Morgan fingerprint density at radius 2 is 2.19 bits per heavy atom. The summed E-state index contributed by atoms with van der Waals surface area (Å²) in [5.74, 6) is 1.68. The van der Waals surface area contributed by atoms with E-state index in [1.807, 2.05) is 36.1 Å². The van der Waals surface area contributed by atoms with Gasteiger partial charge in [0.2, 0.25) is 5.91 Å². The monoisotopic (exact) mass is 309 g/mol. The van der Waals surface area contributed by atoms with Crippen molar-refractivity contribution in [2.45, 2.75) is 31.3 Å². The molecule has 116 valence electrons. The van der Waals surface area contributed by atoms with Crippen molar-refractivity contribution in [2.24, 2.45) is 5.92 Å². The summed E-state index contributed by atoms with van der Waals surface area (Å²) >= 11 is 1.54. The minimum Gasteiger partial charge on any atom is -0.494 e. The molecule has 1 amide bonds. The first-order chi connectivity index (χ1) is 10.1. The number of amides is 1. The molecule has 0 saturated carbocycles. The number of carbonyl (C=O) groups is 1. The van der Waals surface area contributed by atoms with Crippen LogP contribution < -0.4 is 4.74 Å². The van der Waals surface area contributed by atoms with Gasteiger partial charge in [-0.2, -0.15) is 0 Å². The van der Waals surface area contributed by atoms with Crippen LogP contribution >= 0.6 is 11.8 Å². The van der Waals surface area contributed by atoms with Gasteiger partial charge in [-0.3, -0.25) is 4.79 Å². The lowest BCUT2D eigenvalue weighted by atomic mass is 10.0. The standard InChI is InChI=1S/C16H23NO3S/c1-3-20-14-4-6-15(7-5-14)21-11-16(19)17-9-8-13(10-17)12(2)18/h4-7,12-13,18H,3,8-11H2,1-2H3. The molecule has 2 atom stereocenters. The minimum atomic E-state index is -0.332. The molecule has 0 radical (unpaired) electrons. The summed E-state index contributed by atoms with van der Waals surface area (Å²) < 4.78 is 5.39. The van der Waals surface area contributed by atoms with Crippen LogP contribution in [0.1, 0.15) is 20.3 Å². The van der Waals surface area contributed by atoms with Crippen molar-refractivity contribution in [1.82, 2.24) is 4.90 Å². The Morgan fingerprint density at radius 1 is 1.48 bits per heavy atom. The van der Waals surface area contributed by atoms with Gasteiger partial charge in [0.1, 0.15) is 5.75 Å². The largest absolute Gasteiger partial charge is 0.494 e. The van der Waals surface area contributed by atoms with Crippen molar-refractivity contribution in [1.29, 1.82) is 0 Å². The van der Waals surface area contributed by atoms with Gasteiger partial charge < -0.3 is 14.7 Å². The van der Waals surface area contributed by atoms with Crippen LogP contribution in [0.5, 0.6) is 5.75 Å². The molecule has 0 bridgehead atoms. The Hall–Kier alpha value is -1.20. The lowest BCUT2D eigenvalue weighted by Crippen LogP contribution is -2.31. The number of hydrogen-bond donors (Lipinski definition) is 1. The van der Waals surface area contributed by atoms with Crippen LogP contribution in [0, 0.1) is 5.92 Å². The van der Waals surface area contributed by atoms with Crippen molar-refractivity contribution in [3.05, 3.63) is 24.3 Å². The number of thioether (sulfide) groups is 1. The smallest absolute Gasteiger partial charge is 0.232 e. The highest BCUT2D eigenvalue weighted by Gasteiger charge is 2.28. The van der Waals surface area contributed by atoms with E-state index in [1.165, 1.54) is 0 Å². The second kappa shape index (κ2) is 7.71. The van der Waals surface area contributed by atoms with Gasteiger partial charge in [-0.25, -0.2) is 0 Å². The van der Waals surface area contributed by atoms with Gasteiger partial charge in [-0.1, -0.05) is 0 Å². The van der Waals surface area contributed by atoms with Crippen molar-refractivity contribution in [3.63, 3.8) is 0 Å². The second-order valence-corrected chi connectivity index (χ2v) is 6.37. The molecule has 1 fully saturated rings. The lowest BCUT2D eigenvalue weighted by Gasteiger charge is -2.17. The van der Waals surface area contributed by atoms with E-state index in [2.05, 4.69) is 0 Å². The molecule has 0 spiro atoms. The second-order valence-electron chi connectivity index (χ2n) is 5.32. The molecule has 2 rings (SSSR count). The molecule has 1 aliphatic rings. The molecule has 4 nitrogen and oxygen atoms in total. The molecular weight excluding hydrogens is 286 g/mol. The number of aliphatic hydroxyl groups excluding tert-OH is 1. The SMILES string of the molecule is CCOc1ccc(SCC(=O)N2CCC(C(C)O)C2)cc1. The van der Waals surface area contributed by atoms with Gasteiger partial charge in [-0.15, -0.1) is 11.8 Å². The van der Waals surface area contributed by atoms with Gasteiger partial charge in [0, 0.05) is 23.9 Å².